The molecule has 0 radical (unpaired) electrons. The van der Waals surface area contributed by atoms with E-state index < -0.39 is 0 Å². The van der Waals surface area contributed by atoms with Crippen molar-refractivity contribution in [1.29, 1.82) is 0 Å². The summed E-state index contributed by atoms with van der Waals surface area (Å²) in [6, 6.07) is 7.79. The molecule has 2 nitrogen and oxygen atoms in total. The fourth-order valence-corrected chi connectivity index (χ4v) is 3.46. The second kappa shape index (κ2) is 8.38. The summed E-state index contributed by atoms with van der Waals surface area (Å²) in [5, 5.41) is 3.68. The summed E-state index contributed by atoms with van der Waals surface area (Å²) in [4.78, 5) is 2.17. The molecule has 2 atom stereocenters. The average Bonchev–Trinajstić information content (AvgIpc) is 2.95. The number of nitrogens with zero attached hydrogens (tertiary/aromatic N) is 1. The summed E-state index contributed by atoms with van der Waals surface area (Å²) in [6.07, 6.45) is 6.30. The molecule has 0 heterocycles. The first kappa shape index (κ1) is 16.3. The topological polar surface area (TPSA) is 15.3 Å². The van der Waals surface area contributed by atoms with Crippen molar-refractivity contribution in [3.63, 3.8) is 0 Å². The fourth-order valence-electron chi connectivity index (χ4n) is 3.46. The lowest BCUT2D eigenvalue weighted by molar-refractivity contribution is 0.380. The first-order valence-electron chi connectivity index (χ1n) is 8.49. The van der Waals surface area contributed by atoms with Gasteiger partial charge in [0.1, 0.15) is 5.82 Å². The van der Waals surface area contributed by atoms with E-state index in [0.29, 0.717) is 6.04 Å². The van der Waals surface area contributed by atoms with Crippen LogP contribution in [0.1, 0.15) is 46.0 Å². The van der Waals surface area contributed by atoms with Gasteiger partial charge in [-0.2, -0.15) is 0 Å². The lowest BCUT2D eigenvalue weighted by Gasteiger charge is -2.27. The molecular weight excluding hydrogens is 263 g/mol. The zero-order chi connectivity index (χ0) is 15.1. The Morgan fingerprint density at radius 2 is 2.05 bits per heavy atom. The van der Waals surface area contributed by atoms with Crippen molar-refractivity contribution in [3.8, 4) is 0 Å². The van der Waals surface area contributed by atoms with Gasteiger partial charge in [-0.25, -0.2) is 4.39 Å². The van der Waals surface area contributed by atoms with Gasteiger partial charge in [-0.05, 0) is 57.2 Å². The number of benzene rings is 1. The first-order valence-corrected chi connectivity index (χ1v) is 8.49. The number of anilines is 1. The van der Waals surface area contributed by atoms with Crippen LogP contribution in [0.4, 0.5) is 10.1 Å². The molecule has 118 valence electrons. The van der Waals surface area contributed by atoms with Gasteiger partial charge >= 0.3 is 0 Å². The van der Waals surface area contributed by atoms with E-state index in [1.165, 1.54) is 25.7 Å². The van der Waals surface area contributed by atoms with Gasteiger partial charge in [-0.15, -0.1) is 0 Å². The summed E-state index contributed by atoms with van der Waals surface area (Å²) in [5.74, 6) is 0.642. The first-order chi connectivity index (χ1) is 10.3. The van der Waals surface area contributed by atoms with Gasteiger partial charge in [0.15, 0.2) is 0 Å². The monoisotopic (exact) mass is 292 g/mol. The maximum Gasteiger partial charge on any atom is 0.146 e. The Kier molecular flexibility index (Phi) is 6.50. The molecule has 1 saturated carbocycles. The van der Waals surface area contributed by atoms with Gasteiger partial charge in [0, 0.05) is 19.1 Å². The zero-order valence-corrected chi connectivity index (χ0v) is 13.4. The molecule has 0 amide bonds. The molecule has 1 aromatic rings. The minimum absolute atomic E-state index is 0.105. The predicted molar refractivity (Wildman–Crippen MR) is 88.3 cm³/mol. The lowest BCUT2D eigenvalue weighted by Crippen LogP contribution is -2.35. The molecule has 3 heteroatoms. The minimum Gasteiger partial charge on any atom is -0.369 e. The van der Waals surface area contributed by atoms with Gasteiger partial charge in [-0.3, -0.25) is 0 Å². The normalized spacial score (nSPS) is 21.7. The van der Waals surface area contributed by atoms with Crippen LogP contribution in [0.2, 0.25) is 0 Å². The molecule has 1 aliphatic rings. The second-order valence-electron chi connectivity index (χ2n) is 6.07. The van der Waals surface area contributed by atoms with Crippen LogP contribution in [0.5, 0.6) is 0 Å². The highest BCUT2D eigenvalue weighted by Crippen LogP contribution is 2.29. The van der Waals surface area contributed by atoms with Gasteiger partial charge in [0.2, 0.25) is 0 Å². The van der Waals surface area contributed by atoms with Crippen LogP contribution in [-0.4, -0.2) is 25.7 Å². The summed E-state index contributed by atoms with van der Waals surface area (Å²) in [7, 11) is 0. The minimum atomic E-state index is -0.105. The number of nitrogens with one attached hydrogen (secondary N) is 1. The summed E-state index contributed by atoms with van der Waals surface area (Å²) >= 11 is 0. The van der Waals surface area contributed by atoms with Gasteiger partial charge in [0.05, 0.1) is 5.69 Å². The quantitative estimate of drug-likeness (QED) is 0.772. The maximum atomic E-state index is 13.9. The van der Waals surface area contributed by atoms with E-state index in [2.05, 4.69) is 24.1 Å². The lowest BCUT2D eigenvalue weighted by atomic mass is 9.99. The molecule has 2 unspecified atom stereocenters. The summed E-state index contributed by atoms with van der Waals surface area (Å²) in [5.41, 5.74) is 0.746. The second-order valence-corrected chi connectivity index (χ2v) is 6.07. The molecule has 2 rings (SSSR count). The Bertz CT molecular complexity index is 421. The zero-order valence-electron chi connectivity index (χ0n) is 13.4. The van der Waals surface area contributed by atoms with E-state index in [9.17, 15) is 4.39 Å². The van der Waals surface area contributed by atoms with Gasteiger partial charge in [0.25, 0.3) is 0 Å². The third kappa shape index (κ3) is 4.44. The highest BCUT2D eigenvalue weighted by Gasteiger charge is 2.26. The molecule has 0 saturated heterocycles. The summed E-state index contributed by atoms with van der Waals surface area (Å²) in [6.45, 7) is 7.25. The van der Waals surface area contributed by atoms with E-state index in [1.54, 1.807) is 12.1 Å². The highest BCUT2D eigenvalue weighted by atomic mass is 19.1. The molecule has 0 bridgehead atoms. The number of hydrogen-bond donors (Lipinski definition) is 1. The van der Waals surface area contributed by atoms with Crippen molar-refractivity contribution in [2.24, 2.45) is 5.92 Å². The summed E-state index contributed by atoms with van der Waals surface area (Å²) < 4.78 is 13.9. The number of rotatable bonds is 8. The Morgan fingerprint density at radius 3 is 2.76 bits per heavy atom. The molecule has 1 aromatic carbocycles. The van der Waals surface area contributed by atoms with E-state index >= 15 is 0 Å². The van der Waals surface area contributed by atoms with Crippen molar-refractivity contribution >= 4 is 5.69 Å². The number of halogens is 1. The van der Waals surface area contributed by atoms with Crippen molar-refractivity contribution in [2.45, 2.75) is 52.0 Å². The predicted octanol–water partition coefficient (Wildman–Crippen LogP) is 4.21. The van der Waals surface area contributed by atoms with Crippen molar-refractivity contribution in [1.82, 2.24) is 5.32 Å². The third-order valence-corrected chi connectivity index (χ3v) is 4.66. The van der Waals surface area contributed by atoms with Crippen LogP contribution < -0.4 is 10.2 Å². The molecule has 0 aliphatic heterocycles. The number of para-hydroxylation sites is 1. The molecule has 1 aliphatic carbocycles. The molecule has 1 N–H and O–H groups in total. The molecule has 0 spiro atoms. The van der Waals surface area contributed by atoms with Crippen molar-refractivity contribution < 1.29 is 4.39 Å². The highest BCUT2D eigenvalue weighted by molar-refractivity contribution is 5.47. The Hall–Kier alpha value is -1.09. The average molecular weight is 292 g/mol. The SMILES string of the molecule is CCCNC1CCCC1CCN(CC)c1ccccc1F. The maximum absolute atomic E-state index is 13.9. The molecule has 1 fully saturated rings. The molecular formula is C18H29FN2. The van der Waals surface area contributed by atoms with Crippen LogP contribution in [0, 0.1) is 11.7 Å². The van der Waals surface area contributed by atoms with Crippen LogP contribution >= 0.6 is 0 Å². The molecule has 21 heavy (non-hydrogen) atoms. The smallest absolute Gasteiger partial charge is 0.146 e. The van der Waals surface area contributed by atoms with Crippen LogP contribution in [-0.2, 0) is 0 Å². The van der Waals surface area contributed by atoms with E-state index in [4.69, 9.17) is 0 Å². The van der Waals surface area contributed by atoms with Crippen LogP contribution in [0.25, 0.3) is 0 Å². The van der Waals surface area contributed by atoms with Crippen LogP contribution in [0.3, 0.4) is 0 Å². The molecule has 0 aromatic heterocycles. The standard InChI is InChI=1S/C18H29FN2/c1-3-13-20-17-10-7-8-15(17)12-14-21(4-2)18-11-6-5-9-16(18)19/h5-6,9,11,15,17,20H,3-4,7-8,10,12-14H2,1-2H3. The Balaban J connectivity index is 1.89. The van der Waals surface area contributed by atoms with E-state index in [-0.39, 0.29) is 5.82 Å². The third-order valence-electron chi connectivity index (χ3n) is 4.66. The van der Waals surface area contributed by atoms with Crippen LogP contribution in [0.15, 0.2) is 24.3 Å². The Labute approximate surface area is 128 Å². The van der Waals surface area contributed by atoms with E-state index in [0.717, 1.165) is 37.7 Å². The van der Waals surface area contributed by atoms with E-state index in [1.807, 2.05) is 12.1 Å². The van der Waals surface area contributed by atoms with Gasteiger partial charge < -0.3 is 10.2 Å². The van der Waals surface area contributed by atoms with Gasteiger partial charge in [-0.1, -0.05) is 25.5 Å². The Morgan fingerprint density at radius 1 is 1.24 bits per heavy atom. The van der Waals surface area contributed by atoms with Crippen molar-refractivity contribution in [2.75, 3.05) is 24.5 Å². The van der Waals surface area contributed by atoms with Crippen molar-refractivity contribution in [3.05, 3.63) is 30.1 Å². The number of hydrogen-bond acceptors (Lipinski definition) is 2. The fraction of sp³-hybridized carbons (Fsp3) is 0.667. The largest absolute Gasteiger partial charge is 0.369 e.